The van der Waals surface area contributed by atoms with Crippen LogP contribution < -0.4 is 5.32 Å². The molecule has 2 unspecified atom stereocenters. The van der Waals surface area contributed by atoms with Gasteiger partial charge in [0.2, 0.25) is 5.91 Å². The number of aryl methyl sites for hydroxylation is 1. The van der Waals surface area contributed by atoms with Crippen LogP contribution in [0.25, 0.3) is 0 Å². The van der Waals surface area contributed by atoms with Crippen LogP contribution in [-0.2, 0) is 4.79 Å². The van der Waals surface area contributed by atoms with Crippen LogP contribution >= 0.6 is 0 Å². The lowest BCUT2D eigenvalue weighted by Gasteiger charge is -2.21. The molecule has 1 fully saturated rings. The van der Waals surface area contributed by atoms with Gasteiger partial charge in [-0.15, -0.1) is 0 Å². The van der Waals surface area contributed by atoms with Gasteiger partial charge in [-0.05, 0) is 37.2 Å². The van der Waals surface area contributed by atoms with Gasteiger partial charge in [0, 0.05) is 0 Å². The summed E-state index contributed by atoms with van der Waals surface area (Å²) in [6.07, 6.45) is 1.97. The Kier molecular flexibility index (Phi) is 4.81. The Balaban J connectivity index is 1.99. The normalized spacial score (nSPS) is 17.9. The monoisotopic (exact) mass is 275 g/mol. The lowest BCUT2D eigenvalue weighted by atomic mass is 9.99. The molecule has 2 N–H and O–H groups in total. The van der Waals surface area contributed by atoms with E-state index < -0.39 is 6.10 Å². The van der Waals surface area contributed by atoms with Crippen molar-refractivity contribution in [3.63, 3.8) is 0 Å². The van der Waals surface area contributed by atoms with Crippen molar-refractivity contribution in [2.45, 2.75) is 52.2 Å². The summed E-state index contributed by atoms with van der Waals surface area (Å²) in [4.78, 5) is 12.1. The molecule has 110 valence electrons. The van der Waals surface area contributed by atoms with Crippen LogP contribution in [0, 0.1) is 18.8 Å². The second-order valence-electron chi connectivity index (χ2n) is 6.31. The molecule has 1 aromatic rings. The SMILES string of the molecule is Cc1ccc(C(NC(=O)CC(O)C(C)C)C2CC2)cc1. The number of aliphatic hydroxyl groups is 1. The van der Waals surface area contributed by atoms with Crippen molar-refractivity contribution in [3.8, 4) is 0 Å². The number of amides is 1. The maximum absolute atomic E-state index is 12.1. The zero-order valence-corrected chi connectivity index (χ0v) is 12.6. The van der Waals surface area contributed by atoms with Crippen LogP contribution in [0.2, 0.25) is 0 Å². The quantitative estimate of drug-likeness (QED) is 0.838. The van der Waals surface area contributed by atoms with Crippen LogP contribution in [0.1, 0.15) is 50.3 Å². The van der Waals surface area contributed by atoms with E-state index in [1.165, 1.54) is 24.0 Å². The molecule has 0 aromatic heterocycles. The van der Waals surface area contributed by atoms with Crippen LogP contribution in [0.15, 0.2) is 24.3 Å². The minimum atomic E-state index is -0.562. The van der Waals surface area contributed by atoms with Crippen LogP contribution in [0.4, 0.5) is 0 Å². The Morgan fingerprint density at radius 1 is 1.30 bits per heavy atom. The van der Waals surface area contributed by atoms with Gasteiger partial charge in [-0.25, -0.2) is 0 Å². The summed E-state index contributed by atoms with van der Waals surface area (Å²) < 4.78 is 0. The lowest BCUT2D eigenvalue weighted by Crippen LogP contribution is -2.33. The molecule has 2 atom stereocenters. The molecule has 3 heteroatoms. The van der Waals surface area contributed by atoms with Crippen molar-refractivity contribution in [1.29, 1.82) is 0 Å². The summed E-state index contributed by atoms with van der Waals surface area (Å²) in [5.41, 5.74) is 2.40. The van der Waals surface area contributed by atoms with Gasteiger partial charge in [0.25, 0.3) is 0 Å². The third-order valence-electron chi connectivity index (χ3n) is 4.01. The number of rotatable bonds is 6. The van der Waals surface area contributed by atoms with E-state index in [4.69, 9.17) is 0 Å². The second kappa shape index (κ2) is 6.40. The molecule has 0 bridgehead atoms. The van der Waals surface area contributed by atoms with E-state index in [9.17, 15) is 9.90 Å². The summed E-state index contributed by atoms with van der Waals surface area (Å²) >= 11 is 0. The minimum absolute atomic E-state index is 0.0522. The summed E-state index contributed by atoms with van der Waals surface area (Å²) in [5.74, 6) is 0.612. The molecule has 20 heavy (non-hydrogen) atoms. The fourth-order valence-corrected chi connectivity index (χ4v) is 2.33. The maximum Gasteiger partial charge on any atom is 0.223 e. The Labute approximate surface area is 121 Å². The zero-order valence-electron chi connectivity index (χ0n) is 12.6. The van der Waals surface area contributed by atoms with E-state index >= 15 is 0 Å². The molecule has 1 saturated carbocycles. The molecule has 3 nitrogen and oxygen atoms in total. The molecule has 1 aromatic carbocycles. The third kappa shape index (κ3) is 4.07. The summed E-state index contributed by atoms with van der Waals surface area (Å²) in [5, 5.41) is 12.9. The molecule has 0 spiro atoms. The van der Waals surface area contributed by atoms with E-state index in [0.29, 0.717) is 5.92 Å². The van der Waals surface area contributed by atoms with Crippen LogP contribution in [0.5, 0.6) is 0 Å². The average Bonchev–Trinajstić information content (AvgIpc) is 3.21. The van der Waals surface area contributed by atoms with Crippen molar-refractivity contribution in [2.75, 3.05) is 0 Å². The number of hydrogen-bond acceptors (Lipinski definition) is 2. The van der Waals surface area contributed by atoms with E-state index in [-0.39, 0.29) is 24.3 Å². The van der Waals surface area contributed by atoms with Gasteiger partial charge in [0.15, 0.2) is 0 Å². The number of nitrogens with one attached hydrogen (secondary N) is 1. The van der Waals surface area contributed by atoms with Gasteiger partial charge in [0.1, 0.15) is 0 Å². The third-order valence-corrected chi connectivity index (χ3v) is 4.01. The first kappa shape index (κ1) is 15.0. The average molecular weight is 275 g/mol. The molecule has 0 radical (unpaired) electrons. The van der Waals surface area contributed by atoms with E-state index in [1.807, 2.05) is 13.8 Å². The molecule has 1 amide bonds. The molecule has 0 aliphatic heterocycles. The van der Waals surface area contributed by atoms with Gasteiger partial charge in [0.05, 0.1) is 18.6 Å². The zero-order chi connectivity index (χ0) is 14.7. The highest BCUT2D eigenvalue weighted by Gasteiger charge is 2.33. The fourth-order valence-electron chi connectivity index (χ4n) is 2.33. The molecule has 1 aliphatic rings. The van der Waals surface area contributed by atoms with Crippen molar-refractivity contribution >= 4 is 5.91 Å². The van der Waals surface area contributed by atoms with Gasteiger partial charge < -0.3 is 10.4 Å². The number of carbonyl (C=O) groups excluding carboxylic acids is 1. The highest BCUT2D eigenvalue weighted by molar-refractivity contribution is 5.77. The smallest absolute Gasteiger partial charge is 0.223 e. The second-order valence-corrected chi connectivity index (χ2v) is 6.31. The van der Waals surface area contributed by atoms with E-state index in [2.05, 4.69) is 36.5 Å². The highest BCUT2D eigenvalue weighted by Crippen LogP contribution is 2.41. The van der Waals surface area contributed by atoms with Crippen molar-refractivity contribution < 1.29 is 9.90 Å². The Morgan fingerprint density at radius 2 is 1.90 bits per heavy atom. The topological polar surface area (TPSA) is 49.3 Å². The van der Waals surface area contributed by atoms with Gasteiger partial charge in [-0.2, -0.15) is 0 Å². The fraction of sp³-hybridized carbons (Fsp3) is 0.588. The van der Waals surface area contributed by atoms with Gasteiger partial charge >= 0.3 is 0 Å². The molecule has 0 heterocycles. The predicted molar refractivity (Wildman–Crippen MR) is 80.2 cm³/mol. The lowest BCUT2D eigenvalue weighted by molar-refractivity contribution is -0.124. The van der Waals surface area contributed by atoms with Crippen LogP contribution in [0.3, 0.4) is 0 Å². The molecule has 1 aliphatic carbocycles. The highest BCUT2D eigenvalue weighted by atomic mass is 16.3. The molecule has 2 rings (SSSR count). The first-order chi connectivity index (χ1) is 9.47. The number of benzene rings is 1. The first-order valence-corrected chi connectivity index (χ1v) is 7.51. The maximum atomic E-state index is 12.1. The van der Waals surface area contributed by atoms with Gasteiger partial charge in [-0.1, -0.05) is 43.7 Å². The first-order valence-electron chi connectivity index (χ1n) is 7.51. The number of hydrogen-bond donors (Lipinski definition) is 2. The van der Waals surface area contributed by atoms with Crippen LogP contribution in [-0.4, -0.2) is 17.1 Å². The van der Waals surface area contributed by atoms with Gasteiger partial charge in [-0.3, -0.25) is 4.79 Å². The largest absolute Gasteiger partial charge is 0.392 e. The predicted octanol–water partition coefficient (Wildman–Crippen LogP) is 2.97. The summed E-state index contributed by atoms with van der Waals surface area (Å²) in [7, 11) is 0. The standard InChI is InChI=1S/C17H25NO2/c1-11(2)15(19)10-16(20)18-17(14-8-9-14)13-6-4-12(3)5-7-13/h4-7,11,14-15,17,19H,8-10H2,1-3H3,(H,18,20). The molecule has 0 saturated heterocycles. The molecular formula is C17H25NO2. The van der Waals surface area contributed by atoms with Crippen molar-refractivity contribution in [1.82, 2.24) is 5.32 Å². The Hall–Kier alpha value is -1.35. The number of aliphatic hydroxyl groups excluding tert-OH is 1. The van der Waals surface area contributed by atoms with E-state index in [1.54, 1.807) is 0 Å². The molecular weight excluding hydrogens is 250 g/mol. The Bertz CT molecular complexity index is 449. The summed E-state index contributed by atoms with van der Waals surface area (Å²) in [6, 6.07) is 8.46. The van der Waals surface area contributed by atoms with E-state index in [0.717, 1.165) is 0 Å². The number of carbonyl (C=O) groups is 1. The van der Waals surface area contributed by atoms with Crippen molar-refractivity contribution in [2.24, 2.45) is 11.8 Å². The van der Waals surface area contributed by atoms with Crippen molar-refractivity contribution in [3.05, 3.63) is 35.4 Å². The summed E-state index contributed by atoms with van der Waals surface area (Å²) in [6.45, 7) is 5.92. The minimum Gasteiger partial charge on any atom is -0.392 e. The Morgan fingerprint density at radius 3 is 2.40 bits per heavy atom.